The number of hydrogen-bond acceptors (Lipinski definition) is 5. The molecule has 1 atom stereocenters. The molecule has 0 aromatic carbocycles. The number of piperazine rings is 1. The lowest BCUT2D eigenvalue weighted by Gasteiger charge is -2.40. The van der Waals surface area contributed by atoms with Crippen LogP contribution in [-0.2, 0) is 17.8 Å². The van der Waals surface area contributed by atoms with Gasteiger partial charge in [0.2, 0.25) is 0 Å². The predicted molar refractivity (Wildman–Crippen MR) is 90.4 cm³/mol. The van der Waals surface area contributed by atoms with Crippen LogP contribution in [-0.4, -0.2) is 58.8 Å². The molecule has 0 amide bonds. The van der Waals surface area contributed by atoms with Crippen LogP contribution in [0.5, 0.6) is 0 Å². The van der Waals surface area contributed by atoms with Crippen LogP contribution < -0.4 is 4.90 Å². The smallest absolute Gasteiger partial charge is 0.141 e. The third kappa shape index (κ3) is 3.91. The summed E-state index contributed by atoms with van der Waals surface area (Å²) in [5.74, 6) is 0.544. The van der Waals surface area contributed by atoms with Crippen molar-refractivity contribution in [3.63, 3.8) is 0 Å². The van der Waals surface area contributed by atoms with Gasteiger partial charge in [-0.2, -0.15) is 0 Å². The Morgan fingerprint density at radius 2 is 2.17 bits per heavy atom. The molecule has 3 heterocycles. The summed E-state index contributed by atoms with van der Waals surface area (Å²) in [6.45, 7) is 7.32. The van der Waals surface area contributed by atoms with Gasteiger partial charge in [-0.15, -0.1) is 0 Å². The van der Waals surface area contributed by atoms with Gasteiger partial charge in [0, 0.05) is 52.1 Å². The number of methoxy groups -OCH3 is 1. The molecule has 3 rings (SSSR count). The van der Waals surface area contributed by atoms with Crippen LogP contribution in [0, 0.1) is 5.82 Å². The van der Waals surface area contributed by atoms with E-state index in [2.05, 4.69) is 31.3 Å². The van der Waals surface area contributed by atoms with Crippen LogP contribution in [0.4, 0.5) is 10.2 Å². The molecule has 1 aliphatic rings. The normalized spacial score (nSPS) is 19.0. The lowest BCUT2D eigenvalue weighted by Crippen LogP contribution is -2.52. The SMILES string of the molecule is COCCn1cncc1CN1CCN(c2ccc(F)cn2)C(C)C1. The van der Waals surface area contributed by atoms with Crippen LogP contribution >= 0.6 is 0 Å². The Bertz CT molecular complexity index is 645. The Balaban J connectivity index is 1.59. The average molecular weight is 333 g/mol. The van der Waals surface area contributed by atoms with Gasteiger partial charge in [0.1, 0.15) is 11.6 Å². The van der Waals surface area contributed by atoms with E-state index in [4.69, 9.17) is 4.74 Å². The Hall–Kier alpha value is -1.99. The van der Waals surface area contributed by atoms with Crippen molar-refractivity contribution in [1.82, 2.24) is 19.4 Å². The molecule has 0 radical (unpaired) electrons. The second-order valence-corrected chi connectivity index (χ2v) is 6.18. The summed E-state index contributed by atoms with van der Waals surface area (Å²) in [6, 6.07) is 3.55. The first-order chi connectivity index (χ1) is 11.7. The summed E-state index contributed by atoms with van der Waals surface area (Å²) < 4.78 is 20.3. The van der Waals surface area contributed by atoms with Crippen LogP contribution in [0.3, 0.4) is 0 Å². The average Bonchev–Trinajstić information content (AvgIpc) is 3.01. The van der Waals surface area contributed by atoms with E-state index in [1.165, 1.54) is 18.0 Å². The van der Waals surface area contributed by atoms with E-state index in [0.29, 0.717) is 12.6 Å². The molecular formula is C17H24FN5O. The first-order valence-electron chi connectivity index (χ1n) is 8.26. The van der Waals surface area contributed by atoms with E-state index in [0.717, 1.165) is 38.5 Å². The molecule has 1 unspecified atom stereocenters. The molecule has 24 heavy (non-hydrogen) atoms. The number of pyridine rings is 1. The van der Waals surface area contributed by atoms with Gasteiger partial charge in [-0.3, -0.25) is 4.90 Å². The fourth-order valence-electron chi connectivity index (χ4n) is 3.15. The highest BCUT2D eigenvalue weighted by Gasteiger charge is 2.25. The number of halogens is 1. The maximum atomic E-state index is 13.0. The van der Waals surface area contributed by atoms with Crippen molar-refractivity contribution in [2.24, 2.45) is 0 Å². The van der Waals surface area contributed by atoms with E-state index in [9.17, 15) is 4.39 Å². The summed E-state index contributed by atoms with van der Waals surface area (Å²) in [5, 5.41) is 0. The van der Waals surface area contributed by atoms with E-state index >= 15 is 0 Å². The van der Waals surface area contributed by atoms with Crippen molar-refractivity contribution in [2.75, 3.05) is 38.3 Å². The Morgan fingerprint density at radius 3 is 2.88 bits per heavy atom. The first-order valence-corrected chi connectivity index (χ1v) is 8.26. The van der Waals surface area contributed by atoms with Crippen LogP contribution in [0.25, 0.3) is 0 Å². The minimum atomic E-state index is -0.297. The summed E-state index contributed by atoms with van der Waals surface area (Å²) in [6.07, 6.45) is 5.06. The van der Waals surface area contributed by atoms with E-state index in [1.807, 2.05) is 12.5 Å². The predicted octanol–water partition coefficient (Wildman–Crippen LogP) is 1.77. The number of rotatable bonds is 6. The second-order valence-electron chi connectivity index (χ2n) is 6.18. The molecule has 1 fully saturated rings. The fraction of sp³-hybridized carbons (Fsp3) is 0.529. The number of nitrogens with zero attached hydrogens (tertiary/aromatic N) is 5. The lowest BCUT2D eigenvalue weighted by atomic mass is 10.2. The highest BCUT2D eigenvalue weighted by molar-refractivity contribution is 5.40. The summed E-state index contributed by atoms with van der Waals surface area (Å²) >= 11 is 0. The molecule has 0 N–H and O–H groups in total. The van der Waals surface area contributed by atoms with Crippen molar-refractivity contribution in [3.05, 3.63) is 42.4 Å². The lowest BCUT2D eigenvalue weighted by molar-refractivity contribution is 0.181. The molecule has 6 nitrogen and oxygen atoms in total. The van der Waals surface area contributed by atoms with Gasteiger partial charge in [0.15, 0.2) is 0 Å². The van der Waals surface area contributed by atoms with Crippen LogP contribution in [0.2, 0.25) is 0 Å². The maximum Gasteiger partial charge on any atom is 0.141 e. The largest absolute Gasteiger partial charge is 0.383 e. The van der Waals surface area contributed by atoms with Crippen LogP contribution in [0.15, 0.2) is 30.9 Å². The van der Waals surface area contributed by atoms with Crippen molar-refractivity contribution >= 4 is 5.82 Å². The highest BCUT2D eigenvalue weighted by atomic mass is 19.1. The Morgan fingerprint density at radius 1 is 1.29 bits per heavy atom. The molecule has 1 saturated heterocycles. The quantitative estimate of drug-likeness (QED) is 0.806. The fourth-order valence-corrected chi connectivity index (χ4v) is 3.15. The van der Waals surface area contributed by atoms with Crippen LogP contribution in [0.1, 0.15) is 12.6 Å². The molecule has 2 aromatic heterocycles. The molecule has 1 aliphatic heterocycles. The van der Waals surface area contributed by atoms with Gasteiger partial charge in [0.25, 0.3) is 0 Å². The molecule has 7 heteroatoms. The summed E-state index contributed by atoms with van der Waals surface area (Å²) in [4.78, 5) is 13.1. The highest BCUT2D eigenvalue weighted by Crippen LogP contribution is 2.19. The van der Waals surface area contributed by atoms with E-state index < -0.39 is 0 Å². The number of hydrogen-bond donors (Lipinski definition) is 0. The minimum Gasteiger partial charge on any atom is -0.383 e. The number of aromatic nitrogens is 3. The Kier molecular flexibility index (Phi) is 5.42. The van der Waals surface area contributed by atoms with Gasteiger partial charge in [0.05, 0.1) is 24.8 Å². The topological polar surface area (TPSA) is 46.4 Å². The van der Waals surface area contributed by atoms with Gasteiger partial charge >= 0.3 is 0 Å². The molecule has 0 aliphatic carbocycles. The molecule has 130 valence electrons. The molecular weight excluding hydrogens is 309 g/mol. The number of imidazole rings is 1. The third-order valence-corrected chi connectivity index (χ3v) is 4.44. The zero-order valence-electron chi connectivity index (χ0n) is 14.2. The molecule has 0 bridgehead atoms. The zero-order valence-corrected chi connectivity index (χ0v) is 14.2. The third-order valence-electron chi connectivity index (χ3n) is 4.44. The minimum absolute atomic E-state index is 0.297. The van der Waals surface area contributed by atoms with Gasteiger partial charge in [-0.1, -0.05) is 0 Å². The Labute approximate surface area is 141 Å². The second kappa shape index (κ2) is 7.72. The van der Waals surface area contributed by atoms with E-state index in [1.54, 1.807) is 13.2 Å². The summed E-state index contributed by atoms with van der Waals surface area (Å²) in [5.41, 5.74) is 1.20. The maximum absolute atomic E-state index is 13.0. The van der Waals surface area contributed by atoms with Crippen molar-refractivity contribution in [3.8, 4) is 0 Å². The molecule has 2 aromatic rings. The molecule has 0 spiro atoms. The van der Waals surface area contributed by atoms with E-state index in [-0.39, 0.29) is 5.82 Å². The van der Waals surface area contributed by atoms with Crippen molar-refractivity contribution in [1.29, 1.82) is 0 Å². The van der Waals surface area contributed by atoms with Gasteiger partial charge < -0.3 is 14.2 Å². The number of anilines is 1. The summed E-state index contributed by atoms with van der Waals surface area (Å²) in [7, 11) is 1.71. The molecule has 0 saturated carbocycles. The first kappa shape index (κ1) is 16.9. The van der Waals surface area contributed by atoms with Gasteiger partial charge in [-0.05, 0) is 19.1 Å². The number of ether oxygens (including phenoxy) is 1. The van der Waals surface area contributed by atoms with Gasteiger partial charge in [-0.25, -0.2) is 14.4 Å². The standard InChI is InChI=1S/C17H24FN5O/c1-14-11-21(12-16-10-19-13-22(16)7-8-24-2)5-6-23(14)17-4-3-15(18)9-20-17/h3-4,9-10,13-14H,5-8,11-12H2,1-2H3. The zero-order chi connectivity index (χ0) is 16.9. The monoisotopic (exact) mass is 333 g/mol. The van der Waals surface area contributed by atoms with Crippen molar-refractivity contribution in [2.45, 2.75) is 26.1 Å². The van der Waals surface area contributed by atoms with Crippen molar-refractivity contribution < 1.29 is 9.13 Å².